The van der Waals surface area contributed by atoms with Gasteiger partial charge in [-0.3, -0.25) is 14.7 Å². The van der Waals surface area contributed by atoms with E-state index in [1.807, 2.05) is 23.0 Å². The number of nitrogens with zero attached hydrogens (tertiary/aromatic N) is 5. The fourth-order valence-electron chi connectivity index (χ4n) is 3.96. The molecule has 8 nitrogen and oxygen atoms in total. The van der Waals surface area contributed by atoms with Crippen LogP contribution in [0.5, 0.6) is 0 Å². The molecule has 5 rings (SSSR count). The fourth-order valence-corrected chi connectivity index (χ4v) is 3.96. The minimum Gasteiger partial charge on any atom is -0.383 e. The molecule has 0 saturated carbocycles. The van der Waals surface area contributed by atoms with Gasteiger partial charge in [0.15, 0.2) is 0 Å². The number of ether oxygens (including phenoxy) is 1. The second-order valence-corrected chi connectivity index (χ2v) is 7.30. The summed E-state index contributed by atoms with van der Waals surface area (Å²) in [6.45, 7) is 3.82. The SMILES string of the molecule is COC1CCN(CCn2cc3c(N)nc4cc(-c5ccn[nH]5)ccc4c3n2)C1. The third-order valence-corrected chi connectivity index (χ3v) is 5.55. The third kappa shape index (κ3) is 3.00. The third-order valence-electron chi connectivity index (χ3n) is 5.55. The molecule has 3 aromatic heterocycles. The van der Waals surface area contributed by atoms with Crippen LogP contribution >= 0.6 is 0 Å². The highest BCUT2D eigenvalue weighted by Gasteiger charge is 2.21. The first-order valence-corrected chi connectivity index (χ1v) is 9.52. The Kier molecular flexibility index (Phi) is 4.22. The van der Waals surface area contributed by atoms with E-state index in [1.54, 1.807) is 13.3 Å². The zero-order chi connectivity index (χ0) is 19.1. The van der Waals surface area contributed by atoms with Gasteiger partial charge in [-0.2, -0.15) is 10.2 Å². The van der Waals surface area contributed by atoms with Crippen molar-refractivity contribution in [1.82, 2.24) is 29.9 Å². The standard InChI is InChI=1S/C20H23N7O/c1-28-14-5-7-26(11-14)8-9-27-12-16-19(25-27)15-3-2-13(17-4-6-22-24-17)10-18(15)23-20(16)21/h2-4,6,10,12,14H,5,7-9,11H2,1H3,(H2,21,23)(H,22,24). The van der Waals surface area contributed by atoms with Gasteiger partial charge in [-0.1, -0.05) is 6.07 Å². The van der Waals surface area contributed by atoms with Crippen molar-refractivity contribution in [2.24, 2.45) is 0 Å². The van der Waals surface area contributed by atoms with Crippen molar-refractivity contribution in [1.29, 1.82) is 0 Å². The summed E-state index contributed by atoms with van der Waals surface area (Å²) in [4.78, 5) is 7.02. The highest BCUT2D eigenvalue weighted by molar-refractivity contribution is 6.08. The van der Waals surface area contributed by atoms with Gasteiger partial charge in [0.05, 0.1) is 29.2 Å². The van der Waals surface area contributed by atoms with Crippen LogP contribution in [0.25, 0.3) is 33.1 Å². The van der Waals surface area contributed by atoms with E-state index in [0.29, 0.717) is 11.9 Å². The number of nitrogens with two attached hydrogens (primary N) is 1. The number of hydrogen-bond donors (Lipinski definition) is 2. The summed E-state index contributed by atoms with van der Waals surface area (Å²) in [5, 5.41) is 13.7. The van der Waals surface area contributed by atoms with Crippen molar-refractivity contribution in [3.8, 4) is 11.3 Å². The van der Waals surface area contributed by atoms with Crippen LogP contribution in [-0.2, 0) is 11.3 Å². The van der Waals surface area contributed by atoms with Crippen molar-refractivity contribution < 1.29 is 4.74 Å². The molecule has 1 aliphatic heterocycles. The Hall–Kier alpha value is -2.97. The second-order valence-electron chi connectivity index (χ2n) is 7.30. The van der Waals surface area contributed by atoms with E-state index in [-0.39, 0.29) is 0 Å². The van der Waals surface area contributed by atoms with Crippen molar-refractivity contribution in [3.63, 3.8) is 0 Å². The van der Waals surface area contributed by atoms with Crippen molar-refractivity contribution >= 4 is 27.6 Å². The molecule has 0 radical (unpaired) electrons. The molecule has 1 unspecified atom stereocenters. The number of likely N-dealkylation sites (tertiary alicyclic amines) is 1. The maximum atomic E-state index is 6.25. The molecule has 1 atom stereocenters. The van der Waals surface area contributed by atoms with Gasteiger partial charge in [-0.05, 0) is 24.6 Å². The number of hydrogen-bond acceptors (Lipinski definition) is 6. The first kappa shape index (κ1) is 17.2. The van der Waals surface area contributed by atoms with E-state index in [2.05, 4.69) is 32.2 Å². The molecule has 28 heavy (non-hydrogen) atoms. The van der Waals surface area contributed by atoms with Crippen molar-refractivity contribution in [3.05, 3.63) is 36.7 Å². The van der Waals surface area contributed by atoms with Crippen LogP contribution < -0.4 is 5.73 Å². The normalized spacial score (nSPS) is 17.8. The average Bonchev–Trinajstić information content (AvgIpc) is 3.46. The monoisotopic (exact) mass is 377 g/mol. The Morgan fingerprint density at radius 2 is 2.18 bits per heavy atom. The largest absolute Gasteiger partial charge is 0.383 e. The summed E-state index contributed by atoms with van der Waals surface area (Å²) in [5.74, 6) is 0.510. The first-order valence-electron chi connectivity index (χ1n) is 9.52. The van der Waals surface area contributed by atoms with E-state index >= 15 is 0 Å². The number of nitrogens with one attached hydrogen (secondary N) is 1. The van der Waals surface area contributed by atoms with Gasteiger partial charge in [-0.25, -0.2) is 4.98 Å². The molecule has 3 N–H and O–H groups in total. The predicted molar refractivity (Wildman–Crippen MR) is 109 cm³/mol. The first-order chi connectivity index (χ1) is 13.7. The Balaban J connectivity index is 1.45. The van der Waals surface area contributed by atoms with Gasteiger partial charge in [0.1, 0.15) is 11.3 Å². The summed E-state index contributed by atoms with van der Waals surface area (Å²) in [6.07, 6.45) is 5.19. The molecule has 0 spiro atoms. The average molecular weight is 377 g/mol. The molecule has 0 amide bonds. The number of benzene rings is 1. The summed E-state index contributed by atoms with van der Waals surface area (Å²) in [5.41, 5.74) is 9.96. The molecule has 0 aliphatic carbocycles. The van der Waals surface area contributed by atoms with Crippen LogP contribution in [0.4, 0.5) is 5.82 Å². The topological polar surface area (TPSA) is 97.9 Å². The maximum Gasteiger partial charge on any atom is 0.135 e. The van der Waals surface area contributed by atoms with Gasteiger partial charge >= 0.3 is 0 Å². The molecule has 1 saturated heterocycles. The molecule has 4 aromatic rings. The number of aromatic amines is 1. The number of anilines is 1. The molecule has 0 bridgehead atoms. The van der Waals surface area contributed by atoms with Crippen molar-refractivity contribution in [2.45, 2.75) is 19.1 Å². The Labute approximate surface area is 162 Å². The molecule has 8 heteroatoms. The van der Waals surface area contributed by atoms with E-state index in [4.69, 9.17) is 15.6 Å². The van der Waals surface area contributed by atoms with Crippen LogP contribution in [0.2, 0.25) is 0 Å². The fraction of sp³-hybridized carbons (Fsp3) is 0.350. The predicted octanol–water partition coefficient (Wildman–Crippen LogP) is 2.28. The highest BCUT2D eigenvalue weighted by atomic mass is 16.5. The highest BCUT2D eigenvalue weighted by Crippen LogP contribution is 2.29. The quantitative estimate of drug-likeness (QED) is 0.554. The van der Waals surface area contributed by atoms with Crippen molar-refractivity contribution in [2.75, 3.05) is 32.5 Å². The Bertz CT molecular complexity index is 1120. The molecular formula is C20H23N7O. The molecular weight excluding hydrogens is 354 g/mol. The zero-order valence-electron chi connectivity index (χ0n) is 15.8. The smallest absolute Gasteiger partial charge is 0.135 e. The molecule has 1 fully saturated rings. The van der Waals surface area contributed by atoms with E-state index in [9.17, 15) is 0 Å². The van der Waals surface area contributed by atoms with E-state index in [1.165, 1.54) is 0 Å². The van der Waals surface area contributed by atoms with Gasteiger partial charge in [-0.15, -0.1) is 0 Å². The summed E-state index contributed by atoms with van der Waals surface area (Å²) >= 11 is 0. The van der Waals surface area contributed by atoms with Crippen LogP contribution in [-0.4, -0.2) is 62.7 Å². The van der Waals surface area contributed by atoms with Crippen LogP contribution in [0.15, 0.2) is 36.7 Å². The van der Waals surface area contributed by atoms with Crippen LogP contribution in [0.1, 0.15) is 6.42 Å². The number of H-pyrrole nitrogens is 1. The molecule has 4 heterocycles. The van der Waals surface area contributed by atoms with Gasteiger partial charge < -0.3 is 10.5 Å². The minimum absolute atomic E-state index is 0.351. The maximum absolute atomic E-state index is 6.25. The number of rotatable bonds is 5. The molecule has 1 aliphatic rings. The van der Waals surface area contributed by atoms with Gasteiger partial charge in [0.25, 0.3) is 0 Å². The number of methoxy groups -OCH3 is 1. The summed E-state index contributed by atoms with van der Waals surface area (Å²) in [7, 11) is 1.78. The molecule has 1 aromatic carbocycles. The lowest BCUT2D eigenvalue weighted by Crippen LogP contribution is -2.26. The minimum atomic E-state index is 0.351. The lowest BCUT2D eigenvalue weighted by Gasteiger charge is -2.15. The summed E-state index contributed by atoms with van der Waals surface area (Å²) < 4.78 is 7.42. The number of pyridine rings is 1. The van der Waals surface area contributed by atoms with E-state index in [0.717, 1.165) is 65.7 Å². The Morgan fingerprint density at radius 1 is 1.25 bits per heavy atom. The molecule has 144 valence electrons. The number of fused-ring (bicyclic) bond motifs is 3. The van der Waals surface area contributed by atoms with Gasteiger partial charge in [0.2, 0.25) is 0 Å². The second kappa shape index (κ2) is 6.88. The zero-order valence-corrected chi connectivity index (χ0v) is 15.8. The Morgan fingerprint density at radius 3 is 2.96 bits per heavy atom. The number of nitrogen functional groups attached to an aromatic ring is 1. The summed E-state index contributed by atoms with van der Waals surface area (Å²) in [6, 6.07) is 8.07. The lowest BCUT2D eigenvalue weighted by atomic mass is 10.1. The van der Waals surface area contributed by atoms with Crippen LogP contribution in [0, 0.1) is 0 Å². The lowest BCUT2D eigenvalue weighted by molar-refractivity contribution is 0.107. The van der Waals surface area contributed by atoms with Crippen LogP contribution in [0.3, 0.4) is 0 Å². The van der Waals surface area contributed by atoms with E-state index < -0.39 is 0 Å². The van der Waals surface area contributed by atoms with Gasteiger partial charge in [0, 0.05) is 50.1 Å². The number of aromatic nitrogens is 5.